The monoisotopic (exact) mass is 327 g/mol. The molecular weight excluding hydrogens is 306 g/mol. The smallest absolute Gasteiger partial charge is 0.335 e. The first kappa shape index (κ1) is 16.7. The van der Waals surface area contributed by atoms with Crippen LogP contribution < -0.4 is 10.0 Å². The zero-order chi connectivity index (χ0) is 16.3. The molecule has 1 saturated heterocycles. The Hall–Kier alpha value is -1.64. The number of rotatable bonds is 5. The molecule has 0 aromatic heterocycles. The van der Waals surface area contributed by atoms with Crippen LogP contribution in [0.3, 0.4) is 0 Å². The lowest BCUT2D eigenvalue weighted by Crippen LogP contribution is -2.47. The molecule has 1 aromatic carbocycles. The molecule has 1 aliphatic rings. The van der Waals surface area contributed by atoms with Gasteiger partial charge < -0.3 is 10.0 Å². The fourth-order valence-corrected chi connectivity index (χ4v) is 3.44. The average Bonchev–Trinajstić information content (AvgIpc) is 2.47. The van der Waals surface area contributed by atoms with Crippen molar-refractivity contribution < 1.29 is 18.3 Å². The van der Waals surface area contributed by atoms with Crippen LogP contribution in [0.2, 0.25) is 0 Å². The number of hydrogen-bond donors (Lipinski definition) is 2. The Balaban J connectivity index is 2.30. The SMILES string of the molecule is CCCN1CCN(c2ccc(C(=O)O)cc2S(N)(=O)=O)CC1. The molecule has 1 heterocycles. The van der Waals surface area contributed by atoms with E-state index in [1.54, 1.807) is 0 Å². The van der Waals surface area contributed by atoms with Crippen LogP contribution in [0.15, 0.2) is 23.1 Å². The lowest BCUT2D eigenvalue weighted by atomic mass is 10.1. The molecule has 0 unspecified atom stereocenters. The van der Waals surface area contributed by atoms with Gasteiger partial charge in [0, 0.05) is 26.2 Å². The highest BCUT2D eigenvalue weighted by atomic mass is 32.2. The number of anilines is 1. The van der Waals surface area contributed by atoms with Crippen molar-refractivity contribution in [1.29, 1.82) is 0 Å². The molecule has 0 aliphatic carbocycles. The van der Waals surface area contributed by atoms with E-state index in [9.17, 15) is 13.2 Å². The Labute approximate surface area is 130 Å². The highest BCUT2D eigenvalue weighted by Gasteiger charge is 2.24. The molecule has 22 heavy (non-hydrogen) atoms. The summed E-state index contributed by atoms with van der Waals surface area (Å²) in [7, 11) is -3.98. The molecule has 1 aromatic rings. The van der Waals surface area contributed by atoms with E-state index in [0.717, 1.165) is 32.1 Å². The van der Waals surface area contributed by atoms with Gasteiger partial charge in [0.1, 0.15) is 4.90 Å². The first-order valence-electron chi connectivity index (χ1n) is 7.20. The predicted molar refractivity (Wildman–Crippen MR) is 83.7 cm³/mol. The molecule has 0 atom stereocenters. The Morgan fingerprint density at radius 3 is 2.41 bits per heavy atom. The summed E-state index contributed by atoms with van der Waals surface area (Å²) in [5, 5.41) is 14.3. The number of sulfonamides is 1. The Kier molecular flexibility index (Phi) is 5.05. The standard InChI is InChI=1S/C14H21N3O4S/c1-2-5-16-6-8-17(9-7-16)12-4-3-11(14(18)19)10-13(12)22(15,20)21/h3-4,10H,2,5-9H2,1H3,(H,18,19)(H2,15,20,21). The van der Waals surface area contributed by atoms with Crippen molar-refractivity contribution in [1.82, 2.24) is 4.90 Å². The number of nitrogens with two attached hydrogens (primary N) is 1. The molecule has 1 aliphatic heterocycles. The van der Waals surface area contributed by atoms with Crippen molar-refractivity contribution in [2.45, 2.75) is 18.2 Å². The van der Waals surface area contributed by atoms with Gasteiger partial charge in [-0.25, -0.2) is 18.4 Å². The average molecular weight is 327 g/mol. The lowest BCUT2D eigenvalue weighted by molar-refractivity contribution is 0.0696. The van der Waals surface area contributed by atoms with Crippen LogP contribution in [0.5, 0.6) is 0 Å². The third kappa shape index (κ3) is 3.76. The molecule has 8 heteroatoms. The van der Waals surface area contributed by atoms with Crippen molar-refractivity contribution >= 4 is 21.7 Å². The number of carboxylic acids is 1. The fraction of sp³-hybridized carbons (Fsp3) is 0.500. The molecule has 1 fully saturated rings. The van der Waals surface area contributed by atoms with Gasteiger partial charge in [-0.3, -0.25) is 4.90 Å². The second-order valence-electron chi connectivity index (χ2n) is 5.36. The number of piperazine rings is 1. The number of carbonyl (C=O) groups is 1. The lowest BCUT2D eigenvalue weighted by Gasteiger charge is -2.36. The summed E-state index contributed by atoms with van der Waals surface area (Å²) in [5.41, 5.74) is 0.390. The van der Waals surface area contributed by atoms with Gasteiger partial charge in [0.2, 0.25) is 10.0 Å². The molecule has 0 saturated carbocycles. The van der Waals surface area contributed by atoms with Crippen molar-refractivity contribution in [3.05, 3.63) is 23.8 Å². The summed E-state index contributed by atoms with van der Waals surface area (Å²) in [4.78, 5) is 15.2. The van der Waals surface area contributed by atoms with E-state index in [0.29, 0.717) is 18.8 Å². The van der Waals surface area contributed by atoms with Crippen molar-refractivity contribution in [2.75, 3.05) is 37.6 Å². The van der Waals surface area contributed by atoms with E-state index in [1.165, 1.54) is 12.1 Å². The number of benzene rings is 1. The zero-order valence-corrected chi connectivity index (χ0v) is 13.3. The summed E-state index contributed by atoms with van der Waals surface area (Å²) < 4.78 is 23.6. The Bertz CT molecular complexity index is 652. The van der Waals surface area contributed by atoms with E-state index >= 15 is 0 Å². The van der Waals surface area contributed by atoms with Gasteiger partial charge in [0.25, 0.3) is 0 Å². The van der Waals surface area contributed by atoms with Gasteiger partial charge in [-0.15, -0.1) is 0 Å². The first-order chi connectivity index (χ1) is 10.3. The van der Waals surface area contributed by atoms with Crippen LogP contribution in [-0.2, 0) is 10.0 Å². The largest absolute Gasteiger partial charge is 0.478 e. The van der Waals surface area contributed by atoms with E-state index in [2.05, 4.69) is 11.8 Å². The van der Waals surface area contributed by atoms with Crippen LogP contribution in [0.25, 0.3) is 0 Å². The number of hydrogen-bond acceptors (Lipinski definition) is 5. The maximum Gasteiger partial charge on any atom is 0.335 e. The highest BCUT2D eigenvalue weighted by Crippen LogP contribution is 2.26. The van der Waals surface area contributed by atoms with Gasteiger partial charge in [-0.1, -0.05) is 6.92 Å². The second kappa shape index (κ2) is 6.64. The molecule has 0 amide bonds. The van der Waals surface area contributed by atoms with Crippen LogP contribution in [0, 0.1) is 0 Å². The summed E-state index contributed by atoms with van der Waals surface area (Å²) >= 11 is 0. The van der Waals surface area contributed by atoms with Gasteiger partial charge in [0.05, 0.1) is 11.3 Å². The van der Waals surface area contributed by atoms with Crippen LogP contribution >= 0.6 is 0 Å². The number of carboxylic acid groups (broad SMARTS) is 1. The topological polar surface area (TPSA) is 104 Å². The number of aromatic carboxylic acids is 1. The molecule has 122 valence electrons. The van der Waals surface area contributed by atoms with Crippen molar-refractivity contribution in [3.8, 4) is 0 Å². The maximum atomic E-state index is 11.8. The van der Waals surface area contributed by atoms with E-state index in [1.807, 2.05) is 4.90 Å². The molecule has 0 bridgehead atoms. The van der Waals surface area contributed by atoms with E-state index in [-0.39, 0.29) is 10.5 Å². The molecule has 7 nitrogen and oxygen atoms in total. The minimum Gasteiger partial charge on any atom is -0.478 e. The van der Waals surface area contributed by atoms with Gasteiger partial charge in [-0.2, -0.15) is 0 Å². The highest BCUT2D eigenvalue weighted by molar-refractivity contribution is 7.89. The third-order valence-corrected chi connectivity index (χ3v) is 4.71. The quantitative estimate of drug-likeness (QED) is 0.819. The Morgan fingerprint density at radius 2 is 1.91 bits per heavy atom. The fourth-order valence-electron chi connectivity index (χ4n) is 2.66. The molecular formula is C14H21N3O4S. The summed E-state index contributed by atoms with van der Waals surface area (Å²) in [6, 6.07) is 4.06. The summed E-state index contributed by atoms with van der Waals surface area (Å²) in [6.45, 7) is 6.21. The van der Waals surface area contributed by atoms with Gasteiger partial charge in [0.15, 0.2) is 0 Å². The number of primary sulfonamides is 1. The second-order valence-corrected chi connectivity index (χ2v) is 6.89. The normalized spacial score (nSPS) is 16.7. The van der Waals surface area contributed by atoms with Gasteiger partial charge in [-0.05, 0) is 31.2 Å². The maximum absolute atomic E-state index is 11.8. The predicted octanol–water partition coefficient (Wildman–Crippen LogP) is 0.564. The third-order valence-electron chi connectivity index (χ3n) is 3.77. The van der Waals surface area contributed by atoms with Crippen LogP contribution in [0.1, 0.15) is 23.7 Å². The zero-order valence-electron chi connectivity index (χ0n) is 12.5. The molecule has 2 rings (SSSR count). The molecule has 3 N–H and O–H groups in total. The number of nitrogens with zero attached hydrogens (tertiary/aromatic N) is 2. The summed E-state index contributed by atoms with van der Waals surface area (Å²) in [6.07, 6.45) is 1.08. The minimum absolute atomic E-state index is 0.0857. The van der Waals surface area contributed by atoms with E-state index < -0.39 is 16.0 Å². The van der Waals surface area contributed by atoms with E-state index in [4.69, 9.17) is 10.2 Å². The van der Waals surface area contributed by atoms with Crippen molar-refractivity contribution in [2.24, 2.45) is 5.14 Å². The molecule has 0 radical (unpaired) electrons. The summed E-state index contributed by atoms with van der Waals surface area (Å²) in [5.74, 6) is -1.18. The minimum atomic E-state index is -3.98. The Morgan fingerprint density at radius 1 is 1.27 bits per heavy atom. The van der Waals surface area contributed by atoms with Crippen LogP contribution in [0.4, 0.5) is 5.69 Å². The first-order valence-corrected chi connectivity index (χ1v) is 8.75. The van der Waals surface area contributed by atoms with Crippen molar-refractivity contribution in [3.63, 3.8) is 0 Å². The van der Waals surface area contributed by atoms with Crippen LogP contribution in [-0.4, -0.2) is 57.1 Å². The molecule has 0 spiro atoms. The van der Waals surface area contributed by atoms with Gasteiger partial charge >= 0.3 is 5.97 Å².